The number of hydrogen-bond donors (Lipinski definition) is 1. The van der Waals surface area contributed by atoms with E-state index in [-0.39, 0.29) is 6.61 Å². The van der Waals surface area contributed by atoms with Gasteiger partial charge in [0.25, 0.3) is 0 Å². The van der Waals surface area contributed by atoms with E-state index >= 15 is 0 Å². The molecule has 0 spiro atoms. The fraction of sp³-hybridized carbons (Fsp3) is 0.333. The Labute approximate surface area is 137 Å². The SMILES string of the molecule is COc1ccc(N(CCO)CC2=CC=CC(SC)C=C2)cc1. The molecule has 1 aromatic carbocycles. The summed E-state index contributed by atoms with van der Waals surface area (Å²) >= 11 is 1.82. The molecule has 0 bridgehead atoms. The van der Waals surface area contributed by atoms with Crippen LogP contribution in [0.4, 0.5) is 5.69 Å². The van der Waals surface area contributed by atoms with Crippen molar-refractivity contribution < 1.29 is 9.84 Å². The average molecular weight is 317 g/mol. The summed E-state index contributed by atoms with van der Waals surface area (Å²) in [4.78, 5) is 2.17. The van der Waals surface area contributed by atoms with Crippen molar-refractivity contribution in [2.75, 3.05) is 38.0 Å². The summed E-state index contributed by atoms with van der Waals surface area (Å²) in [6.07, 6.45) is 12.9. The third-order valence-corrected chi connectivity index (χ3v) is 4.42. The van der Waals surface area contributed by atoms with Crippen LogP contribution >= 0.6 is 11.8 Å². The first kappa shape index (κ1) is 16.7. The summed E-state index contributed by atoms with van der Waals surface area (Å²) in [7, 11) is 1.66. The number of hydrogen-bond acceptors (Lipinski definition) is 4. The Morgan fingerprint density at radius 1 is 1.23 bits per heavy atom. The molecule has 1 N–H and O–H groups in total. The Bertz CT molecular complexity index is 549. The standard InChI is InChI=1S/C18H23NO2S/c1-21-17-9-7-16(8-10-17)19(12-13-20)14-15-4-3-5-18(22-2)11-6-15/h3-11,18,20H,12-14H2,1-2H3. The van der Waals surface area contributed by atoms with Crippen molar-refractivity contribution >= 4 is 17.4 Å². The van der Waals surface area contributed by atoms with Crippen molar-refractivity contribution in [1.82, 2.24) is 0 Å². The second-order valence-corrected chi connectivity index (χ2v) is 6.04. The molecule has 0 fully saturated rings. The van der Waals surface area contributed by atoms with Crippen molar-refractivity contribution in [2.45, 2.75) is 5.25 Å². The van der Waals surface area contributed by atoms with Crippen molar-refractivity contribution in [2.24, 2.45) is 0 Å². The molecule has 0 aliphatic heterocycles. The van der Waals surface area contributed by atoms with Crippen LogP contribution in [0.2, 0.25) is 0 Å². The number of benzene rings is 1. The normalized spacial score (nSPS) is 17.0. The number of methoxy groups -OCH3 is 1. The summed E-state index contributed by atoms with van der Waals surface area (Å²) in [6.45, 7) is 1.51. The second kappa shape index (κ2) is 8.71. The van der Waals surface area contributed by atoms with Crippen LogP contribution in [0.25, 0.3) is 0 Å². The maximum absolute atomic E-state index is 9.34. The van der Waals surface area contributed by atoms with Gasteiger partial charge in [0.05, 0.1) is 13.7 Å². The molecule has 1 aliphatic rings. The molecule has 1 aliphatic carbocycles. The van der Waals surface area contributed by atoms with Gasteiger partial charge in [-0.2, -0.15) is 11.8 Å². The molecule has 1 unspecified atom stereocenters. The number of ether oxygens (including phenoxy) is 1. The van der Waals surface area contributed by atoms with Crippen LogP contribution in [0.1, 0.15) is 0 Å². The Morgan fingerprint density at radius 3 is 2.64 bits per heavy atom. The van der Waals surface area contributed by atoms with E-state index in [1.807, 2.05) is 36.0 Å². The summed E-state index contributed by atoms with van der Waals surface area (Å²) in [5.74, 6) is 0.840. The largest absolute Gasteiger partial charge is 0.497 e. The Morgan fingerprint density at radius 2 is 2.00 bits per heavy atom. The zero-order valence-electron chi connectivity index (χ0n) is 13.1. The van der Waals surface area contributed by atoms with E-state index in [1.54, 1.807) is 7.11 Å². The fourth-order valence-electron chi connectivity index (χ4n) is 2.32. The van der Waals surface area contributed by atoms with E-state index in [9.17, 15) is 5.11 Å². The predicted molar refractivity (Wildman–Crippen MR) is 96.0 cm³/mol. The predicted octanol–water partition coefficient (Wildman–Crippen LogP) is 3.28. The van der Waals surface area contributed by atoms with Gasteiger partial charge in [0.1, 0.15) is 5.75 Å². The molecule has 0 aromatic heterocycles. The van der Waals surface area contributed by atoms with Gasteiger partial charge in [-0.05, 0) is 36.1 Å². The van der Waals surface area contributed by atoms with Gasteiger partial charge in [0.2, 0.25) is 0 Å². The van der Waals surface area contributed by atoms with E-state index in [2.05, 4.69) is 41.5 Å². The molecule has 0 saturated carbocycles. The highest BCUT2D eigenvalue weighted by molar-refractivity contribution is 7.99. The summed E-state index contributed by atoms with van der Waals surface area (Å²) in [5, 5.41) is 9.77. The van der Waals surface area contributed by atoms with Crippen LogP contribution in [0.3, 0.4) is 0 Å². The topological polar surface area (TPSA) is 32.7 Å². The molecule has 3 nitrogen and oxygen atoms in total. The summed E-state index contributed by atoms with van der Waals surface area (Å²) in [5.41, 5.74) is 2.32. The number of aliphatic hydroxyl groups excluding tert-OH is 1. The van der Waals surface area contributed by atoms with Crippen LogP contribution in [-0.4, -0.2) is 43.4 Å². The van der Waals surface area contributed by atoms with E-state index in [0.29, 0.717) is 11.8 Å². The van der Waals surface area contributed by atoms with Gasteiger partial charge < -0.3 is 14.7 Å². The molecular formula is C18H23NO2S. The lowest BCUT2D eigenvalue weighted by Crippen LogP contribution is -2.28. The smallest absolute Gasteiger partial charge is 0.119 e. The molecule has 1 aromatic rings. The Balaban J connectivity index is 2.11. The molecular weight excluding hydrogens is 294 g/mol. The average Bonchev–Trinajstić information content (AvgIpc) is 2.79. The minimum absolute atomic E-state index is 0.131. The third-order valence-electron chi connectivity index (χ3n) is 3.56. The van der Waals surface area contributed by atoms with E-state index in [4.69, 9.17) is 4.74 Å². The van der Waals surface area contributed by atoms with Gasteiger partial charge in [-0.3, -0.25) is 0 Å². The van der Waals surface area contributed by atoms with Gasteiger partial charge in [-0.25, -0.2) is 0 Å². The Kier molecular flexibility index (Phi) is 6.62. The summed E-state index contributed by atoms with van der Waals surface area (Å²) in [6, 6.07) is 7.94. The molecule has 2 rings (SSSR count). The highest BCUT2D eigenvalue weighted by Crippen LogP contribution is 2.21. The van der Waals surface area contributed by atoms with E-state index in [1.165, 1.54) is 5.57 Å². The maximum Gasteiger partial charge on any atom is 0.119 e. The highest BCUT2D eigenvalue weighted by atomic mass is 32.2. The molecule has 0 amide bonds. The molecule has 0 radical (unpaired) electrons. The minimum atomic E-state index is 0.131. The first-order valence-corrected chi connectivity index (χ1v) is 8.64. The van der Waals surface area contributed by atoms with Gasteiger partial charge in [-0.15, -0.1) is 0 Å². The monoisotopic (exact) mass is 317 g/mol. The van der Waals surface area contributed by atoms with Crippen LogP contribution in [-0.2, 0) is 0 Å². The van der Waals surface area contributed by atoms with Gasteiger partial charge in [-0.1, -0.05) is 30.4 Å². The van der Waals surface area contributed by atoms with Crippen LogP contribution < -0.4 is 9.64 Å². The zero-order valence-corrected chi connectivity index (χ0v) is 13.9. The van der Waals surface area contributed by atoms with Gasteiger partial charge in [0, 0.05) is 24.0 Å². The van der Waals surface area contributed by atoms with Crippen molar-refractivity contribution in [3.05, 3.63) is 60.2 Å². The lowest BCUT2D eigenvalue weighted by Gasteiger charge is -2.24. The van der Waals surface area contributed by atoms with E-state index in [0.717, 1.165) is 18.0 Å². The molecule has 118 valence electrons. The van der Waals surface area contributed by atoms with Crippen molar-refractivity contribution in [3.63, 3.8) is 0 Å². The molecule has 0 saturated heterocycles. The van der Waals surface area contributed by atoms with Crippen molar-refractivity contribution in [3.8, 4) is 5.75 Å². The number of thioether (sulfide) groups is 1. The third kappa shape index (κ3) is 4.68. The quantitative estimate of drug-likeness (QED) is 0.836. The zero-order chi connectivity index (χ0) is 15.8. The minimum Gasteiger partial charge on any atom is -0.497 e. The van der Waals surface area contributed by atoms with Crippen LogP contribution in [0, 0.1) is 0 Å². The number of aliphatic hydroxyl groups is 1. The lowest BCUT2D eigenvalue weighted by atomic mass is 10.2. The van der Waals surface area contributed by atoms with Crippen LogP contribution in [0.15, 0.2) is 60.2 Å². The molecule has 4 heteroatoms. The number of anilines is 1. The van der Waals surface area contributed by atoms with Gasteiger partial charge >= 0.3 is 0 Å². The number of rotatable bonds is 7. The molecule has 22 heavy (non-hydrogen) atoms. The number of allylic oxidation sites excluding steroid dienone is 2. The lowest BCUT2D eigenvalue weighted by molar-refractivity contribution is 0.303. The first-order valence-electron chi connectivity index (χ1n) is 7.35. The first-order chi connectivity index (χ1) is 10.8. The highest BCUT2D eigenvalue weighted by Gasteiger charge is 2.09. The molecule has 0 heterocycles. The van der Waals surface area contributed by atoms with E-state index < -0.39 is 0 Å². The number of nitrogens with zero attached hydrogens (tertiary/aromatic N) is 1. The summed E-state index contributed by atoms with van der Waals surface area (Å²) < 4.78 is 5.20. The second-order valence-electron chi connectivity index (χ2n) is 5.03. The molecule has 1 atom stereocenters. The van der Waals surface area contributed by atoms with Gasteiger partial charge in [0.15, 0.2) is 0 Å². The Hall–Kier alpha value is -1.65. The fourth-order valence-corrected chi connectivity index (χ4v) is 2.81. The van der Waals surface area contributed by atoms with Crippen LogP contribution in [0.5, 0.6) is 5.75 Å². The van der Waals surface area contributed by atoms with Crippen molar-refractivity contribution in [1.29, 1.82) is 0 Å². The maximum atomic E-state index is 9.34.